The van der Waals surface area contributed by atoms with Crippen molar-refractivity contribution in [2.45, 2.75) is 12.8 Å². The van der Waals surface area contributed by atoms with Crippen molar-refractivity contribution in [3.8, 4) is 0 Å². The Labute approximate surface area is 106 Å². The van der Waals surface area contributed by atoms with E-state index in [1.54, 1.807) is 22.9 Å². The van der Waals surface area contributed by atoms with Gasteiger partial charge in [-0.2, -0.15) is 0 Å². The zero-order valence-electron chi connectivity index (χ0n) is 10.0. The van der Waals surface area contributed by atoms with Crippen LogP contribution >= 0.6 is 0 Å². The van der Waals surface area contributed by atoms with Crippen molar-refractivity contribution in [2.75, 3.05) is 0 Å². The molecule has 1 aromatic carbocycles. The third kappa shape index (κ3) is 2.76. The van der Waals surface area contributed by atoms with Crippen LogP contribution in [0.1, 0.15) is 22.3 Å². The van der Waals surface area contributed by atoms with E-state index in [0.717, 1.165) is 11.8 Å². The minimum absolute atomic E-state index is 0.333. The molecule has 2 aromatic rings. The Kier molecular flexibility index (Phi) is 4.10. The first-order valence-electron chi connectivity index (χ1n) is 5.75. The van der Waals surface area contributed by atoms with Crippen LogP contribution in [0.4, 0.5) is 0 Å². The Morgan fingerprint density at radius 1 is 1.22 bits per heavy atom. The molecule has 0 amide bonds. The minimum Gasteiger partial charge on any atom is -0.350 e. The average Bonchev–Trinajstić information content (AvgIpc) is 2.89. The number of aldehydes is 1. The smallest absolute Gasteiger partial charge is 0.166 e. The van der Waals surface area contributed by atoms with E-state index in [1.165, 1.54) is 0 Å². The van der Waals surface area contributed by atoms with Gasteiger partial charge in [-0.15, -0.1) is 0 Å². The summed E-state index contributed by atoms with van der Waals surface area (Å²) < 4.78 is 7.50. The first-order valence-corrected chi connectivity index (χ1v) is 5.75. The van der Waals surface area contributed by atoms with Gasteiger partial charge in [0.05, 0.1) is 12.3 Å². The quantitative estimate of drug-likeness (QED) is 0.574. The number of carbonyl (C=O) groups is 1. The Hall–Kier alpha value is -2.13. The highest BCUT2D eigenvalue weighted by Crippen LogP contribution is 2.15. The van der Waals surface area contributed by atoms with Gasteiger partial charge < -0.3 is 9.30 Å². The van der Waals surface area contributed by atoms with Gasteiger partial charge in [0, 0.05) is 6.20 Å². The molecule has 0 bridgehead atoms. The Bertz CT molecular complexity index is 516. The summed E-state index contributed by atoms with van der Waals surface area (Å²) in [6.45, 7) is 4.22. The number of hydrogen-bond acceptors (Lipinski definition) is 2. The number of aromatic nitrogens is 1. The molecule has 0 aliphatic rings. The van der Waals surface area contributed by atoms with E-state index in [-0.39, 0.29) is 6.23 Å². The summed E-state index contributed by atoms with van der Waals surface area (Å²) in [6.07, 6.45) is 3.96. The van der Waals surface area contributed by atoms with Crippen molar-refractivity contribution >= 4 is 6.29 Å². The number of carbonyl (C=O) groups excluding carboxylic acids is 1. The van der Waals surface area contributed by atoms with Crippen LogP contribution in [0.2, 0.25) is 0 Å². The van der Waals surface area contributed by atoms with Gasteiger partial charge in [0.1, 0.15) is 0 Å². The lowest BCUT2D eigenvalue weighted by molar-refractivity contribution is 0.0243. The van der Waals surface area contributed by atoms with Gasteiger partial charge in [-0.25, -0.2) is 0 Å². The van der Waals surface area contributed by atoms with Gasteiger partial charge in [0.25, 0.3) is 0 Å². The molecule has 0 spiro atoms. The molecule has 1 aromatic heterocycles. The molecule has 0 radical (unpaired) electrons. The normalized spacial score (nSPS) is 12.0. The second-order valence-electron chi connectivity index (χ2n) is 3.88. The minimum atomic E-state index is -0.333. The fraction of sp³-hybridized carbons (Fsp3) is 0.133. The zero-order chi connectivity index (χ0) is 12.8. The first kappa shape index (κ1) is 12.3. The van der Waals surface area contributed by atoms with Crippen LogP contribution in [0.25, 0.3) is 0 Å². The van der Waals surface area contributed by atoms with E-state index in [4.69, 9.17) is 4.74 Å². The molecule has 0 aliphatic heterocycles. The van der Waals surface area contributed by atoms with Crippen molar-refractivity contribution in [3.63, 3.8) is 0 Å². The number of benzene rings is 1. The zero-order valence-corrected chi connectivity index (χ0v) is 10.0. The summed E-state index contributed by atoms with van der Waals surface area (Å²) in [7, 11) is 0. The lowest BCUT2D eigenvalue weighted by Gasteiger charge is -2.17. The molecule has 2 rings (SSSR count). The highest BCUT2D eigenvalue weighted by Gasteiger charge is 2.09. The molecule has 0 saturated carbocycles. The van der Waals surface area contributed by atoms with Gasteiger partial charge in [-0.05, 0) is 23.8 Å². The molecule has 0 aliphatic carbocycles. The van der Waals surface area contributed by atoms with Gasteiger partial charge in [0.2, 0.25) is 0 Å². The molecule has 0 N–H and O–H groups in total. The van der Waals surface area contributed by atoms with E-state index < -0.39 is 0 Å². The standard InChI is InChI=1S/C15H15NO2/c1-2-15(16-10-6-9-14(16)11-17)18-12-13-7-4-3-5-8-13/h2-11,15H,1,12H2. The highest BCUT2D eigenvalue weighted by molar-refractivity contribution is 5.72. The topological polar surface area (TPSA) is 31.2 Å². The Morgan fingerprint density at radius 3 is 2.67 bits per heavy atom. The summed E-state index contributed by atoms with van der Waals surface area (Å²) >= 11 is 0. The van der Waals surface area contributed by atoms with Crippen LogP contribution in [-0.4, -0.2) is 10.9 Å². The van der Waals surface area contributed by atoms with Crippen LogP contribution < -0.4 is 0 Å². The molecule has 92 valence electrons. The maximum atomic E-state index is 10.9. The fourth-order valence-electron chi connectivity index (χ4n) is 1.76. The molecule has 0 fully saturated rings. The summed E-state index contributed by atoms with van der Waals surface area (Å²) in [5.74, 6) is 0. The van der Waals surface area contributed by atoms with Crippen molar-refractivity contribution < 1.29 is 9.53 Å². The highest BCUT2D eigenvalue weighted by atomic mass is 16.5. The number of ether oxygens (including phenoxy) is 1. The second kappa shape index (κ2) is 5.98. The second-order valence-corrected chi connectivity index (χ2v) is 3.88. The Balaban J connectivity index is 2.06. The first-order chi connectivity index (χ1) is 8.85. The third-order valence-electron chi connectivity index (χ3n) is 2.67. The monoisotopic (exact) mass is 241 g/mol. The molecular weight excluding hydrogens is 226 g/mol. The molecule has 0 saturated heterocycles. The molecule has 3 heteroatoms. The number of rotatable bonds is 6. The predicted octanol–water partition coefficient (Wildman–Crippen LogP) is 3.20. The Morgan fingerprint density at radius 2 is 2.00 bits per heavy atom. The van der Waals surface area contributed by atoms with Gasteiger partial charge >= 0.3 is 0 Å². The van der Waals surface area contributed by atoms with E-state index in [0.29, 0.717) is 12.3 Å². The van der Waals surface area contributed by atoms with E-state index in [2.05, 4.69) is 6.58 Å². The predicted molar refractivity (Wildman–Crippen MR) is 70.3 cm³/mol. The van der Waals surface area contributed by atoms with Crippen molar-refractivity contribution in [1.29, 1.82) is 0 Å². The maximum absolute atomic E-state index is 10.9. The van der Waals surface area contributed by atoms with E-state index >= 15 is 0 Å². The lowest BCUT2D eigenvalue weighted by atomic mass is 10.2. The lowest BCUT2D eigenvalue weighted by Crippen LogP contribution is -2.12. The van der Waals surface area contributed by atoms with Crippen LogP contribution in [0.5, 0.6) is 0 Å². The van der Waals surface area contributed by atoms with E-state index in [1.807, 2.05) is 36.4 Å². The molecule has 1 atom stereocenters. The van der Waals surface area contributed by atoms with Crippen molar-refractivity contribution in [1.82, 2.24) is 4.57 Å². The summed E-state index contributed by atoms with van der Waals surface area (Å²) in [5.41, 5.74) is 1.66. The van der Waals surface area contributed by atoms with Crippen molar-refractivity contribution in [3.05, 3.63) is 72.6 Å². The largest absolute Gasteiger partial charge is 0.350 e. The van der Waals surface area contributed by atoms with Crippen LogP contribution in [0.15, 0.2) is 61.3 Å². The third-order valence-corrected chi connectivity index (χ3v) is 2.67. The van der Waals surface area contributed by atoms with Gasteiger partial charge in [-0.3, -0.25) is 4.79 Å². The average molecular weight is 241 g/mol. The fourth-order valence-corrected chi connectivity index (χ4v) is 1.76. The molecular formula is C15H15NO2. The number of nitrogens with zero attached hydrogens (tertiary/aromatic N) is 1. The van der Waals surface area contributed by atoms with Crippen LogP contribution in [0.3, 0.4) is 0 Å². The van der Waals surface area contributed by atoms with E-state index in [9.17, 15) is 4.79 Å². The summed E-state index contributed by atoms with van der Waals surface area (Å²) in [4.78, 5) is 10.9. The molecule has 1 unspecified atom stereocenters. The number of hydrogen-bond donors (Lipinski definition) is 0. The van der Waals surface area contributed by atoms with Crippen molar-refractivity contribution in [2.24, 2.45) is 0 Å². The molecule has 1 heterocycles. The maximum Gasteiger partial charge on any atom is 0.166 e. The molecule has 18 heavy (non-hydrogen) atoms. The molecule has 3 nitrogen and oxygen atoms in total. The van der Waals surface area contributed by atoms with Crippen LogP contribution in [-0.2, 0) is 11.3 Å². The van der Waals surface area contributed by atoms with Gasteiger partial charge in [0.15, 0.2) is 12.5 Å². The van der Waals surface area contributed by atoms with Gasteiger partial charge in [-0.1, -0.05) is 36.9 Å². The van der Waals surface area contributed by atoms with Crippen LogP contribution in [0, 0.1) is 0 Å². The summed E-state index contributed by atoms with van der Waals surface area (Å²) in [6, 6.07) is 13.4. The summed E-state index contributed by atoms with van der Waals surface area (Å²) in [5, 5.41) is 0. The SMILES string of the molecule is C=CC(OCc1ccccc1)n1cccc1C=O.